The van der Waals surface area contributed by atoms with Crippen molar-refractivity contribution in [2.24, 2.45) is 11.8 Å². The molecule has 31 heavy (non-hydrogen) atoms. The molecule has 5 rings (SSSR count). The quantitative estimate of drug-likeness (QED) is 0.704. The van der Waals surface area contributed by atoms with Crippen LogP contribution in [0.1, 0.15) is 51.0 Å². The minimum absolute atomic E-state index is 0.0686. The summed E-state index contributed by atoms with van der Waals surface area (Å²) >= 11 is 0. The first-order valence-corrected chi connectivity index (χ1v) is 12.0. The Morgan fingerprint density at radius 3 is 1.65 bits per heavy atom. The molecule has 172 valence electrons. The molecule has 4 aliphatic heterocycles. The molecule has 5 heterocycles. The summed E-state index contributed by atoms with van der Waals surface area (Å²) in [4.78, 5) is 14.5. The summed E-state index contributed by atoms with van der Waals surface area (Å²) in [7, 11) is 0. The number of ether oxygens (including phenoxy) is 4. The predicted molar refractivity (Wildman–Crippen MR) is 117 cm³/mol. The number of nitrogens with zero attached hydrogens (tertiary/aromatic N) is 4. The van der Waals surface area contributed by atoms with Crippen LogP contribution in [0.25, 0.3) is 0 Å². The topological polar surface area (TPSA) is 69.2 Å². The number of rotatable bonds is 5. The molecule has 0 saturated carbocycles. The van der Waals surface area contributed by atoms with Crippen LogP contribution in [-0.2, 0) is 18.9 Å². The van der Waals surface area contributed by atoms with Crippen molar-refractivity contribution in [2.45, 2.75) is 58.0 Å². The van der Waals surface area contributed by atoms with E-state index in [2.05, 4.69) is 23.6 Å². The highest BCUT2D eigenvalue weighted by Gasteiger charge is 2.35. The number of hydrogen-bond donors (Lipinski definition) is 0. The third kappa shape index (κ3) is 4.53. The Bertz CT molecular complexity index is 682. The van der Waals surface area contributed by atoms with E-state index in [4.69, 9.17) is 28.9 Å². The molecule has 4 fully saturated rings. The van der Waals surface area contributed by atoms with Gasteiger partial charge in [0.1, 0.15) is 18.0 Å². The molecule has 4 saturated heterocycles. The average molecular weight is 433 g/mol. The van der Waals surface area contributed by atoms with Crippen molar-refractivity contribution in [3.8, 4) is 0 Å². The summed E-state index contributed by atoms with van der Waals surface area (Å²) in [5, 5.41) is 0. The second-order valence-corrected chi connectivity index (χ2v) is 9.51. The van der Waals surface area contributed by atoms with Crippen molar-refractivity contribution < 1.29 is 18.9 Å². The Kier molecular flexibility index (Phi) is 6.59. The number of hydrogen-bond acceptors (Lipinski definition) is 8. The van der Waals surface area contributed by atoms with E-state index in [9.17, 15) is 0 Å². The standard InChI is InChI=1S/C23H36N4O4/c1-16(2)19-20(26-7-3-5-17(13-26)22-28-9-10-29-22)24-15-25-21(19)27-8-4-6-18(14-27)23-30-11-12-31-23/h15-18,22-23H,3-14H2,1-2H3. The van der Waals surface area contributed by atoms with Gasteiger partial charge in [0.2, 0.25) is 0 Å². The van der Waals surface area contributed by atoms with Crippen molar-refractivity contribution in [3.63, 3.8) is 0 Å². The summed E-state index contributed by atoms with van der Waals surface area (Å²) in [5.41, 5.74) is 1.25. The molecular weight excluding hydrogens is 396 g/mol. The van der Waals surface area contributed by atoms with Gasteiger partial charge in [0.25, 0.3) is 0 Å². The van der Waals surface area contributed by atoms with Gasteiger partial charge in [0.15, 0.2) is 12.6 Å². The maximum Gasteiger partial charge on any atom is 0.162 e. The zero-order valence-electron chi connectivity index (χ0n) is 18.9. The van der Waals surface area contributed by atoms with Crippen molar-refractivity contribution in [1.82, 2.24) is 9.97 Å². The zero-order valence-corrected chi connectivity index (χ0v) is 18.9. The van der Waals surface area contributed by atoms with Gasteiger partial charge >= 0.3 is 0 Å². The lowest BCUT2D eigenvalue weighted by atomic mass is 9.94. The van der Waals surface area contributed by atoms with E-state index < -0.39 is 0 Å². The molecule has 4 aliphatic rings. The molecule has 0 radical (unpaired) electrons. The first kappa shape index (κ1) is 21.4. The van der Waals surface area contributed by atoms with Gasteiger partial charge < -0.3 is 28.7 Å². The number of aromatic nitrogens is 2. The Hall–Kier alpha value is -1.48. The van der Waals surface area contributed by atoms with Crippen molar-refractivity contribution in [2.75, 3.05) is 62.4 Å². The predicted octanol–water partition coefficient (Wildman–Crippen LogP) is 2.78. The van der Waals surface area contributed by atoms with Gasteiger partial charge in [-0.25, -0.2) is 9.97 Å². The molecular formula is C23H36N4O4. The van der Waals surface area contributed by atoms with Gasteiger partial charge in [-0.1, -0.05) is 13.8 Å². The molecule has 0 aliphatic carbocycles. The Morgan fingerprint density at radius 2 is 1.23 bits per heavy atom. The zero-order chi connectivity index (χ0) is 21.2. The molecule has 0 spiro atoms. The fourth-order valence-electron chi connectivity index (χ4n) is 5.54. The van der Waals surface area contributed by atoms with Crippen LogP contribution in [0.5, 0.6) is 0 Å². The van der Waals surface area contributed by atoms with E-state index in [-0.39, 0.29) is 12.6 Å². The fourth-order valence-corrected chi connectivity index (χ4v) is 5.54. The van der Waals surface area contributed by atoms with E-state index in [1.807, 2.05) is 0 Å². The van der Waals surface area contributed by atoms with Gasteiger partial charge in [-0.15, -0.1) is 0 Å². The molecule has 0 N–H and O–H groups in total. The highest BCUT2D eigenvalue weighted by molar-refractivity contribution is 5.62. The largest absolute Gasteiger partial charge is 0.356 e. The SMILES string of the molecule is CC(C)c1c(N2CCCC(C3OCCO3)C2)ncnc1N1CCCC(C2OCCO2)C1. The monoisotopic (exact) mass is 432 g/mol. The molecule has 8 nitrogen and oxygen atoms in total. The maximum atomic E-state index is 5.82. The normalized spacial score (nSPS) is 28.7. The first-order chi connectivity index (χ1) is 15.2. The number of anilines is 2. The summed E-state index contributed by atoms with van der Waals surface area (Å²) in [5.74, 6) is 3.29. The van der Waals surface area contributed by atoms with Crippen molar-refractivity contribution in [1.29, 1.82) is 0 Å². The van der Waals surface area contributed by atoms with Crippen molar-refractivity contribution in [3.05, 3.63) is 11.9 Å². The Balaban J connectivity index is 1.38. The van der Waals surface area contributed by atoms with Gasteiger partial charge in [0.05, 0.1) is 26.4 Å². The van der Waals surface area contributed by atoms with E-state index in [0.29, 0.717) is 44.2 Å². The van der Waals surface area contributed by atoms with E-state index in [0.717, 1.165) is 63.5 Å². The summed E-state index contributed by atoms with van der Waals surface area (Å²) in [6.07, 6.45) is 6.16. The molecule has 2 atom stereocenters. The van der Waals surface area contributed by atoms with Crippen LogP contribution in [0.15, 0.2) is 6.33 Å². The Morgan fingerprint density at radius 1 is 0.774 bits per heavy atom. The van der Waals surface area contributed by atoms with Crippen LogP contribution >= 0.6 is 0 Å². The second-order valence-electron chi connectivity index (χ2n) is 9.51. The van der Waals surface area contributed by atoms with Crippen molar-refractivity contribution >= 4 is 11.6 Å². The minimum atomic E-state index is -0.0686. The molecule has 0 aromatic carbocycles. The lowest BCUT2D eigenvalue weighted by Crippen LogP contribution is -2.43. The van der Waals surface area contributed by atoms with Crippen LogP contribution in [-0.4, -0.2) is 75.2 Å². The van der Waals surface area contributed by atoms with Gasteiger partial charge in [0, 0.05) is 43.6 Å². The van der Waals surface area contributed by atoms with Crippen LogP contribution in [0.2, 0.25) is 0 Å². The molecule has 1 aromatic heterocycles. The lowest BCUT2D eigenvalue weighted by Gasteiger charge is -2.39. The third-order valence-electron chi connectivity index (χ3n) is 7.00. The second kappa shape index (κ2) is 9.57. The van der Waals surface area contributed by atoms with Crippen LogP contribution < -0.4 is 9.80 Å². The minimum Gasteiger partial charge on any atom is -0.356 e. The highest BCUT2D eigenvalue weighted by Crippen LogP contribution is 2.38. The van der Waals surface area contributed by atoms with Crippen LogP contribution in [0.4, 0.5) is 11.6 Å². The maximum absolute atomic E-state index is 5.82. The van der Waals surface area contributed by atoms with E-state index in [1.54, 1.807) is 6.33 Å². The third-order valence-corrected chi connectivity index (χ3v) is 7.00. The van der Waals surface area contributed by atoms with Gasteiger partial charge in [-0.2, -0.15) is 0 Å². The fraction of sp³-hybridized carbons (Fsp3) is 0.826. The van der Waals surface area contributed by atoms with Gasteiger partial charge in [-0.05, 0) is 31.6 Å². The molecule has 2 unspecified atom stereocenters. The lowest BCUT2D eigenvalue weighted by molar-refractivity contribution is -0.0860. The summed E-state index contributed by atoms with van der Waals surface area (Å²) in [6.45, 7) is 11.2. The van der Waals surface area contributed by atoms with E-state index >= 15 is 0 Å². The van der Waals surface area contributed by atoms with Crippen LogP contribution in [0, 0.1) is 11.8 Å². The molecule has 0 amide bonds. The molecule has 0 bridgehead atoms. The molecule has 1 aromatic rings. The average Bonchev–Trinajstić information content (AvgIpc) is 3.53. The summed E-state index contributed by atoms with van der Waals surface area (Å²) < 4.78 is 23.3. The smallest absolute Gasteiger partial charge is 0.162 e. The van der Waals surface area contributed by atoms with Gasteiger partial charge in [-0.3, -0.25) is 0 Å². The van der Waals surface area contributed by atoms with Crippen LogP contribution in [0.3, 0.4) is 0 Å². The number of piperidine rings is 2. The van der Waals surface area contributed by atoms with E-state index in [1.165, 1.54) is 5.56 Å². The molecule has 8 heteroatoms. The summed E-state index contributed by atoms with van der Waals surface area (Å²) in [6, 6.07) is 0. The Labute approximate surface area is 185 Å². The highest BCUT2D eigenvalue weighted by atomic mass is 16.7. The first-order valence-electron chi connectivity index (χ1n) is 12.0.